The van der Waals surface area contributed by atoms with Crippen LogP contribution < -0.4 is 19.3 Å². The number of aryl methyl sites for hydroxylation is 1. The van der Waals surface area contributed by atoms with Crippen molar-refractivity contribution in [1.29, 1.82) is 0 Å². The lowest BCUT2D eigenvalue weighted by Gasteiger charge is -2.05. The molecule has 0 aliphatic heterocycles. The van der Waals surface area contributed by atoms with E-state index in [-0.39, 0.29) is 13.0 Å². The fraction of sp³-hybridized carbons (Fsp3) is 0.308. The summed E-state index contributed by atoms with van der Waals surface area (Å²) in [5.74, 6) is 0.0519. The summed E-state index contributed by atoms with van der Waals surface area (Å²) >= 11 is 0. The molecule has 21 heavy (non-hydrogen) atoms. The van der Waals surface area contributed by atoms with Crippen LogP contribution in [0.5, 0.6) is 11.8 Å². The highest BCUT2D eigenvalue weighted by Gasteiger charge is 2.10. The second-order valence-electron chi connectivity index (χ2n) is 4.08. The molecule has 0 bridgehead atoms. The van der Waals surface area contributed by atoms with Crippen molar-refractivity contribution in [3.05, 3.63) is 24.5 Å². The Hall–Kier alpha value is -2.77. The van der Waals surface area contributed by atoms with Gasteiger partial charge in [-0.3, -0.25) is 0 Å². The lowest BCUT2D eigenvalue weighted by Crippen LogP contribution is -2.40. The Morgan fingerprint density at radius 2 is 1.95 bits per heavy atom. The van der Waals surface area contributed by atoms with E-state index in [2.05, 4.69) is 15.1 Å². The molecule has 2 aromatic rings. The number of ether oxygens (including phenoxy) is 2. The summed E-state index contributed by atoms with van der Waals surface area (Å²) < 4.78 is 11.7. The fourth-order valence-electron chi connectivity index (χ4n) is 1.60. The minimum absolute atomic E-state index is 0.0967. The van der Waals surface area contributed by atoms with Gasteiger partial charge in [-0.15, -0.1) is 0 Å². The van der Waals surface area contributed by atoms with Crippen molar-refractivity contribution in [2.45, 2.75) is 13.0 Å². The van der Waals surface area contributed by atoms with E-state index in [4.69, 9.17) is 9.47 Å². The highest BCUT2D eigenvalue weighted by Crippen LogP contribution is 2.21. The molecule has 0 N–H and O–H groups in total. The summed E-state index contributed by atoms with van der Waals surface area (Å²) in [6.07, 6.45) is 3.09. The van der Waals surface area contributed by atoms with Gasteiger partial charge in [0.1, 0.15) is 6.20 Å². The summed E-state index contributed by atoms with van der Waals surface area (Å²) in [6.45, 7) is 0.241. The zero-order valence-corrected chi connectivity index (χ0v) is 11.6. The number of carbonyl (C=O) groups is 1. The molecule has 2 heterocycles. The van der Waals surface area contributed by atoms with E-state index in [0.29, 0.717) is 23.1 Å². The van der Waals surface area contributed by atoms with E-state index >= 15 is 0 Å². The van der Waals surface area contributed by atoms with Crippen molar-refractivity contribution in [2.24, 2.45) is 0 Å². The molecule has 0 radical (unpaired) electrons. The van der Waals surface area contributed by atoms with E-state index in [1.54, 1.807) is 24.5 Å². The Morgan fingerprint density at radius 3 is 2.43 bits per heavy atom. The van der Waals surface area contributed by atoms with Gasteiger partial charge in [-0.1, -0.05) is 4.68 Å². The molecule has 0 atom stereocenters. The largest absolute Gasteiger partial charge is 0.550 e. The molecule has 0 saturated carbocycles. The van der Waals surface area contributed by atoms with Crippen LogP contribution in [-0.2, 0) is 11.3 Å². The van der Waals surface area contributed by atoms with Crippen LogP contribution in [0.1, 0.15) is 6.42 Å². The smallest absolute Gasteiger partial charge is 0.220 e. The van der Waals surface area contributed by atoms with Crippen molar-refractivity contribution >= 4 is 5.97 Å². The Morgan fingerprint density at radius 1 is 1.29 bits per heavy atom. The number of rotatable bonds is 6. The third-order valence-electron chi connectivity index (χ3n) is 2.67. The Kier molecular flexibility index (Phi) is 4.60. The fourth-order valence-corrected chi connectivity index (χ4v) is 1.60. The molecule has 0 unspecified atom stereocenters. The van der Waals surface area contributed by atoms with Crippen molar-refractivity contribution < 1.29 is 24.1 Å². The van der Waals surface area contributed by atoms with Gasteiger partial charge in [-0.2, -0.15) is 9.97 Å². The zero-order valence-electron chi connectivity index (χ0n) is 11.6. The molecule has 0 spiro atoms. The van der Waals surface area contributed by atoms with Crippen molar-refractivity contribution in [3.63, 3.8) is 0 Å². The molecule has 8 nitrogen and oxygen atoms in total. The standard InChI is InChI=1S/C13H14N4O4/c1-20-10-7-11(21-2)16-13(15-10)9-3-5-17(14-8-9)6-4-12(18)19/h3,5,7-8H,4,6H2,1-2H3. The van der Waals surface area contributed by atoms with Gasteiger partial charge in [-0.25, -0.2) is 0 Å². The Labute approximate surface area is 121 Å². The number of hydrogen-bond donors (Lipinski definition) is 0. The normalized spacial score (nSPS) is 10.2. The Balaban J connectivity index is 2.23. The lowest BCUT2D eigenvalue weighted by atomic mass is 10.3. The van der Waals surface area contributed by atoms with Crippen LogP contribution in [-0.4, -0.2) is 35.3 Å². The van der Waals surface area contributed by atoms with Gasteiger partial charge in [0.25, 0.3) is 0 Å². The van der Waals surface area contributed by atoms with Crippen molar-refractivity contribution in [3.8, 4) is 23.1 Å². The number of carbonyl (C=O) groups excluding carboxylic acids is 1. The summed E-state index contributed by atoms with van der Waals surface area (Å²) in [7, 11) is 3.01. The van der Waals surface area contributed by atoms with Crippen LogP contribution in [0.3, 0.4) is 0 Å². The van der Waals surface area contributed by atoms with Crippen LogP contribution in [0.4, 0.5) is 0 Å². The van der Waals surface area contributed by atoms with Crippen molar-refractivity contribution in [1.82, 2.24) is 15.1 Å². The monoisotopic (exact) mass is 290 g/mol. The third-order valence-corrected chi connectivity index (χ3v) is 2.67. The molecular formula is C13H14N4O4. The van der Waals surface area contributed by atoms with E-state index in [1.807, 2.05) is 0 Å². The van der Waals surface area contributed by atoms with Gasteiger partial charge in [0.15, 0.2) is 18.6 Å². The highest BCUT2D eigenvalue weighted by atomic mass is 16.5. The van der Waals surface area contributed by atoms with E-state index in [0.717, 1.165) is 0 Å². The third kappa shape index (κ3) is 3.85. The molecule has 8 heteroatoms. The molecule has 2 aromatic heterocycles. The maximum absolute atomic E-state index is 10.4. The van der Waals surface area contributed by atoms with Crippen LogP contribution in [0.25, 0.3) is 11.4 Å². The molecule has 0 fully saturated rings. The average Bonchev–Trinajstić information content (AvgIpc) is 2.52. The molecule has 0 amide bonds. The SMILES string of the molecule is COc1cc(OC)nc(-c2cc[n+](CCC(=O)[O-])nc2)n1. The number of aromatic nitrogens is 4. The molecule has 0 aliphatic carbocycles. The molecule has 0 aliphatic rings. The number of carboxylic acids is 1. The van der Waals surface area contributed by atoms with E-state index in [9.17, 15) is 9.90 Å². The summed E-state index contributed by atoms with van der Waals surface area (Å²) in [5, 5.41) is 14.5. The highest BCUT2D eigenvalue weighted by molar-refractivity contribution is 5.63. The summed E-state index contributed by atoms with van der Waals surface area (Å²) in [6, 6.07) is 3.30. The maximum atomic E-state index is 10.4. The van der Waals surface area contributed by atoms with E-state index in [1.165, 1.54) is 18.9 Å². The first kappa shape index (κ1) is 14.6. The summed E-state index contributed by atoms with van der Waals surface area (Å²) in [4.78, 5) is 18.8. The van der Waals surface area contributed by atoms with Crippen LogP contribution in [0.15, 0.2) is 24.5 Å². The van der Waals surface area contributed by atoms with Crippen molar-refractivity contribution in [2.75, 3.05) is 14.2 Å². The molecule has 0 saturated heterocycles. The lowest BCUT2D eigenvalue weighted by molar-refractivity contribution is -0.753. The van der Waals surface area contributed by atoms with Gasteiger partial charge in [0.2, 0.25) is 11.8 Å². The second kappa shape index (κ2) is 6.60. The minimum Gasteiger partial charge on any atom is -0.550 e. The zero-order chi connectivity index (χ0) is 15.2. The molecular weight excluding hydrogens is 276 g/mol. The number of methoxy groups -OCH3 is 2. The number of aliphatic carboxylic acids is 1. The summed E-state index contributed by atoms with van der Waals surface area (Å²) in [5.41, 5.74) is 0.664. The van der Waals surface area contributed by atoms with E-state index < -0.39 is 5.97 Å². The second-order valence-corrected chi connectivity index (χ2v) is 4.08. The van der Waals surface area contributed by atoms with Crippen LogP contribution in [0.2, 0.25) is 0 Å². The van der Waals surface area contributed by atoms with Crippen LogP contribution in [0, 0.1) is 0 Å². The average molecular weight is 290 g/mol. The van der Waals surface area contributed by atoms with Gasteiger partial charge in [-0.05, 0) is 5.10 Å². The van der Waals surface area contributed by atoms with Crippen LogP contribution >= 0.6 is 0 Å². The van der Waals surface area contributed by atoms with Gasteiger partial charge in [0, 0.05) is 24.0 Å². The topological polar surface area (TPSA) is 101 Å². The Bertz CT molecular complexity index is 608. The number of nitrogens with zero attached hydrogens (tertiary/aromatic N) is 4. The first-order valence-corrected chi connectivity index (χ1v) is 6.15. The van der Waals surface area contributed by atoms with Gasteiger partial charge in [0.05, 0.1) is 20.3 Å². The van der Waals surface area contributed by atoms with Gasteiger partial charge >= 0.3 is 0 Å². The predicted octanol–water partition coefficient (Wildman–Crippen LogP) is -1.02. The molecule has 0 aromatic carbocycles. The first-order valence-electron chi connectivity index (χ1n) is 6.15. The maximum Gasteiger partial charge on any atom is 0.220 e. The minimum atomic E-state index is -1.12. The first-order chi connectivity index (χ1) is 10.1. The predicted molar refractivity (Wildman–Crippen MR) is 68.2 cm³/mol. The number of carboxylic acid groups (broad SMARTS) is 1. The molecule has 110 valence electrons. The molecule has 2 rings (SSSR count). The quantitative estimate of drug-likeness (QED) is 0.628. The number of hydrogen-bond acceptors (Lipinski definition) is 7. The van der Waals surface area contributed by atoms with Gasteiger partial charge < -0.3 is 19.4 Å².